The number of halogens is 2. The number of nitrogens with zero attached hydrogens (tertiary/aromatic N) is 2. The molecule has 3 aliphatic rings. The maximum atomic E-state index is 13.5. The molecule has 31 heavy (non-hydrogen) atoms. The van der Waals surface area contributed by atoms with Gasteiger partial charge in [0.05, 0.1) is 25.3 Å². The highest BCUT2D eigenvalue weighted by molar-refractivity contribution is 6.31. The first-order valence-corrected chi connectivity index (χ1v) is 11.5. The smallest absolute Gasteiger partial charge is 0.251 e. The second-order valence-corrected chi connectivity index (χ2v) is 10.1. The number of carbonyl (C=O) groups is 2. The van der Waals surface area contributed by atoms with E-state index in [0.29, 0.717) is 50.8 Å². The van der Waals surface area contributed by atoms with E-state index in [1.54, 1.807) is 0 Å². The number of carbonyl (C=O) groups excluding carboxylic acids is 2. The first-order chi connectivity index (χ1) is 14.7. The number of morpholine rings is 1. The van der Waals surface area contributed by atoms with Crippen molar-refractivity contribution in [1.29, 1.82) is 0 Å². The number of ether oxygens (including phenoxy) is 1. The molecule has 170 valence electrons. The van der Waals surface area contributed by atoms with Crippen molar-refractivity contribution in [3.8, 4) is 0 Å². The van der Waals surface area contributed by atoms with E-state index in [0.717, 1.165) is 25.7 Å². The highest BCUT2D eigenvalue weighted by atomic mass is 35.5. The van der Waals surface area contributed by atoms with Crippen LogP contribution in [0.1, 0.15) is 49.9 Å². The van der Waals surface area contributed by atoms with Gasteiger partial charge in [0.1, 0.15) is 5.82 Å². The number of rotatable bonds is 5. The van der Waals surface area contributed by atoms with Gasteiger partial charge < -0.3 is 15.0 Å². The van der Waals surface area contributed by atoms with Crippen molar-refractivity contribution in [1.82, 2.24) is 15.1 Å². The maximum absolute atomic E-state index is 13.5. The molecule has 2 bridgehead atoms. The van der Waals surface area contributed by atoms with Crippen LogP contribution in [0.5, 0.6) is 0 Å². The van der Waals surface area contributed by atoms with Crippen LogP contribution in [0.3, 0.4) is 0 Å². The summed E-state index contributed by atoms with van der Waals surface area (Å²) in [7, 11) is 0. The molecule has 1 aromatic rings. The van der Waals surface area contributed by atoms with Crippen molar-refractivity contribution in [2.24, 2.45) is 5.92 Å². The Kier molecular flexibility index (Phi) is 6.56. The molecule has 1 aromatic carbocycles. The largest absolute Gasteiger partial charge is 0.377 e. The molecule has 3 fully saturated rings. The van der Waals surface area contributed by atoms with Crippen molar-refractivity contribution in [3.05, 3.63) is 34.6 Å². The molecule has 6 nitrogen and oxygen atoms in total. The number of benzene rings is 1. The van der Waals surface area contributed by atoms with Crippen LogP contribution < -0.4 is 5.32 Å². The van der Waals surface area contributed by atoms with E-state index in [4.69, 9.17) is 16.3 Å². The van der Waals surface area contributed by atoms with Crippen molar-refractivity contribution in [2.45, 2.75) is 57.2 Å². The molecule has 4 rings (SSSR count). The van der Waals surface area contributed by atoms with Crippen molar-refractivity contribution >= 4 is 23.4 Å². The van der Waals surface area contributed by atoms with E-state index in [2.05, 4.69) is 24.1 Å². The van der Waals surface area contributed by atoms with Crippen molar-refractivity contribution in [2.75, 3.05) is 32.8 Å². The van der Waals surface area contributed by atoms with Crippen LogP contribution in [-0.2, 0) is 9.53 Å². The molecule has 3 aliphatic heterocycles. The van der Waals surface area contributed by atoms with Gasteiger partial charge in [-0.2, -0.15) is 0 Å². The Morgan fingerprint density at radius 3 is 2.58 bits per heavy atom. The number of hydrogen-bond donors (Lipinski definition) is 1. The standard InChI is InChI=1S/C23H31ClFN3O3/c1-23(2)14-31-6-5-28(23)21(29)13-27-19-3-4-20(27)8-15(7-19)12-26-22(30)16-9-17(24)11-18(25)10-16/h9-11,15,19-20H,3-8,12-14H2,1-2H3,(H,26,30)/t15-,19-,20+. The first-order valence-electron chi connectivity index (χ1n) is 11.1. The molecule has 3 saturated heterocycles. The Bertz CT molecular complexity index is 815. The lowest BCUT2D eigenvalue weighted by Gasteiger charge is -2.44. The zero-order chi connectivity index (χ0) is 22.2. The summed E-state index contributed by atoms with van der Waals surface area (Å²) in [4.78, 5) is 29.8. The zero-order valence-corrected chi connectivity index (χ0v) is 19.0. The lowest BCUT2D eigenvalue weighted by atomic mass is 9.90. The molecule has 0 aromatic heterocycles. The first kappa shape index (κ1) is 22.5. The van der Waals surface area contributed by atoms with E-state index in [1.165, 1.54) is 18.2 Å². The molecule has 3 atom stereocenters. The van der Waals surface area contributed by atoms with Crippen molar-refractivity contribution in [3.63, 3.8) is 0 Å². The number of fused-ring (bicyclic) bond motifs is 2. The molecule has 0 unspecified atom stereocenters. The lowest BCUT2D eigenvalue weighted by Crippen LogP contribution is -2.59. The average molecular weight is 452 g/mol. The molecule has 0 spiro atoms. The summed E-state index contributed by atoms with van der Waals surface area (Å²) < 4.78 is 19.1. The third-order valence-corrected chi connectivity index (χ3v) is 7.14. The second kappa shape index (κ2) is 9.04. The lowest BCUT2D eigenvalue weighted by molar-refractivity contribution is -0.148. The Morgan fingerprint density at radius 1 is 1.23 bits per heavy atom. The minimum absolute atomic E-state index is 0.180. The Labute approximate surface area is 188 Å². The van der Waals surface area contributed by atoms with Gasteiger partial charge in [0, 0.05) is 35.8 Å². The van der Waals surface area contributed by atoms with Gasteiger partial charge in [-0.15, -0.1) is 0 Å². The molecule has 0 radical (unpaired) electrons. The predicted octanol–water partition coefficient (Wildman–Crippen LogP) is 3.09. The van der Waals surface area contributed by atoms with Crippen LogP contribution in [0.4, 0.5) is 4.39 Å². The van der Waals surface area contributed by atoms with E-state index in [-0.39, 0.29) is 27.9 Å². The fourth-order valence-electron chi connectivity index (χ4n) is 5.40. The van der Waals surface area contributed by atoms with Gasteiger partial charge in [-0.3, -0.25) is 14.5 Å². The number of nitrogens with one attached hydrogen (secondary N) is 1. The van der Waals surface area contributed by atoms with E-state index >= 15 is 0 Å². The van der Waals surface area contributed by atoms with E-state index in [1.807, 2.05) is 4.90 Å². The highest BCUT2D eigenvalue weighted by Crippen LogP contribution is 2.38. The molecule has 0 saturated carbocycles. The molecule has 0 aliphatic carbocycles. The average Bonchev–Trinajstić information content (AvgIpc) is 2.93. The normalized spacial score (nSPS) is 27.9. The van der Waals surface area contributed by atoms with Crippen molar-refractivity contribution < 1.29 is 18.7 Å². The van der Waals surface area contributed by atoms with Gasteiger partial charge in [0.2, 0.25) is 5.91 Å². The Morgan fingerprint density at radius 2 is 1.94 bits per heavy atom. The maximum Gasteiger partial charge on any atom is 0.251 e. The highest BCUT2D eigenvalue weighted by Gasteiger charge is 2.43. The van der Waals surface area contributed by atoms with Crippen LogP contribution in [0.2, 0.25) is 5.02 Å². The molecule has 3 heterocycles. The van der Waals surface area contributed by atoms with Gasteiger partial charge in [-0.1, -0.05) is 11.6 Å². The molecule has 2 amide bonds. The van der Waals surface area contributed by atoms with Crippen LogP contribution in [0.25, 0.3) is 0 Å². The summed E-state index contributed by atoms with van der Waals surface area (Å²) in [5.41, 5.74) is -0.0271. The molecule has 1 N–H and O–H groups in total. The summed E-state index contributed by atoms with van der Waals surface area (Å²) in [6.07, 6.45) is 4.10. The summed E-state index contributed by atoms with van der Waals surface area (Å²) >= 11 is 5.86. The third kappa shape index (κ3) is 5.04. The van der Waals surface area contributed by atoms with Crippen LogP contribution in [0.15, 0.2) is 18.2 Å². The second-order valence-electron chi connectivity index (χ2n) is 9.67. The molecule has 8 heteroatoms. The quantitative estimate of drug-likeness (QED) is 0.747. The summed E-state index contributed by atoms with van der Waals surface area (Å²) in [6.45, 7) is 6.94. The number of amides is 2. The Balaban J connectivity index is 1.31. The van der Waals surface area contributed by atoms with Gasteiger partial charge >= 0.3 is 0 Å². The van der Waals surface area contributed by atoms with Crippen LogP contribution in [-0.4, -0.2) is 72.1 Å². The molecular weight excluding hydrogens is 421 g/mol. The third-order valence-electron chi connectivity index (χ3n) is 6.92. The zero-order valence-electron chi connectivity index (χ0n) is 18.2. The van der Waals surface area contributed by atoms with Gasteiger partial charge in [0.25, 0.3) is 5.91 Å². The fourth-order valence-corrected chi connectivity index (χ4v) is 5.62. The van der Waals surface area contributed by atoms with E-state index < -0.39 is 5.82 Å². The predicted molar refractivity (Wildman–Crippen MR) is 117 cm³/mol. The number of hydrogen-bond acceptors (Lipinski definition) is 4. The van der Waals surface area contributed by atoms with Gasteiger partial charge in [-0.25, -0.2) is 4.39 Å². The summed E-state index contributed by atoms with van der Waals surface area (Å²) in [5, 5.41) is 3.15. The monoisotopic (exact) mass is 451 g/mol. The van der Waals surface area contributed by atoms with Crippen LogP contribution in [0, 0.1) is 11.7 Å². The minimum atomic E-state index is -0.517. The van der Waals surface area contributed by atoms with E-state index in [9.17, 15) is 14.0 Å². The summed E-state index contributed by atoms with van der Waals surface area (Å²) in [5.74, 6) is -0.283. The van der Waals surface area contributed by atoms with Gasteiger partial charge in [0.15, 0.2) is 0 Å². The minimum Gasteiger partial charge on any atom is -0.377 e. The van der Waals surface area contributed by atoms with Gasteiger partial charge in [-0.05, 0) is 63.6 Å². The Hall–Kier alpha value is -1.70. The fraction of sp³-hybridized carbons (Fsp3) is 0.652. The summed E-state index contributed by atoms with van der Waals surface area (Å²) in [6, 6.07) is 4.61. The topological polar surface area (TPSA) is 61.9 Å². The SMILES string of the molecule is CC1(C)COCCN1C(=O)CN1[C@@H]2CC[C@H]1C[C@H](CNC(=O)c1cc(F)cc(Cl)c1)C2. The van der Waals surface area contributed by atoms with Crippen LogP contribution >= 0.6 is 11.6 Å². The molecular formula is C23H31ClFN3O3. The number of piperidine rings is 1.